The molecule has 0 aliphatic heterocycles. The molecular formula is C12H14F2N2O. The van der Waals surface area contributed by atoms with Gasteiger partial charge in [0.1, 0.15) is 17.3 Å². The van der Waals surface area contributed by atoms with Crippen LogP contribution >= 0.6 is 0 Å². The molecule has 17 heavy (non-hydrogen) atoms. The van der Waals surface area contributed by atoms with Gasteiger partial charge < -0.3 is 10.6 Å². The van der Waals surface area contributed by atoms with Crippen molar-refractivity contribution < 1.29 is 13.6 Å². The molecule has 0 saturated heterocycles. The summed E-state index contributed by atoms with van der Waals surface area (Å²) in [6.07, 6.45) is 4.01. The zero-order valence-corrected chi connectivity index (χ0v) is 9.30. The first kappa shape index (κ1) is 11.8. The zero-order valence-electron chi connectivity index (χ0n) is 9.30. The number of hydrogen-bond acceptors (Lipinski definition) is 1. The minimum atomic E-state index is -0.772. The quantitative estimate of drug-likeness (QED) is 0.819. The zero-order chi connectivity index (χ0) is 12.3. The largest absolute Gasteiger partial charge is 0.335 e. The predicted molar refractivity (Wildman–Crippen MR) is 60.8 cm³/mol. The van der Waals surface area contributed by atoms with Gasteiger partial charge in [-0.3, -0.25) is 0 Å². The van der Waals surface area contributed by atoms with Crippen molar-refractivity contribution in [1.82, 2.24) is 5.32 Å². The SMILES string of the molecule is O=C(Nc1c(F)cccc1F)NC1CCCC1. The number of halogens is 2. The maximum atomic E-state index is 13.2. The van der Waals surface area contributed by atoms with E-state index < -0.39 is 23.4 Å². The van der Waals surface area contributed by atoms with Gasteiger partial charge in [0.15, 0.2) is 0 Å². The number of benzene rings is 1. The van der Waals surface area contributed by atoms with Crippen LogP contribution in [-0.2, 0) is 0 Å². The highest BCUT2D eigenvalue weighted by Gasteiger charge is 2.18. The molecule has 1 aliphatic carbocycles. The Kier molecular flexibility index (Phi) is 3.56. The third kappa shape index (κ3) is 2.93. The second-order valence-electron chi connectivity index (χ2n) is 4.18. The van der Waals surface area contributed by atoms with Crippen LogP contribution in [0, 0.1) is 11.6 Å². The minimum Gasteiger partial charge on any atom is -0.335 e. The van der Waals surface area contributed by atoms with Crippen LogP contribution in [-0.4, -0.2) is 12.1 Å². The lowest BCUT2D eigenvalue weighted by molar-refractivity contribution is 0.248. The highest BCUT2D eigenvalue weighted by Crippen LogP contribution is 2.20. The van der Waals surface area contributed by atoms with Crippen molar-refractivity contribution in [2.75, 3.05) is 5.32 Å². The van der Waals surface area contributed by atoms with Crippen molar-refractivity contribution in [3.8, 4) is 0 Å². The van der Waals surface area contributed by atoms with Crippen molar-refractivity contribution in [3.63, 3.8) is 0 Å². The summed E-state index contributed by atoms with van der Waals surface area (Å²) in [4.78, 5) is 11.5. The third-order valence-electron chi connectivity index (χ3n) is 2.89. The average Bonchev–Trinajstić information content (AvgIpc) is 2.76. The molecule has 0 heterocycles. The number of carbonyl (C=O) groups is 1. The molecular weight excluding hydrogens is 226 g/mol. The number of para-hydroxylation sites is 1. The van der Waals surface area contributed by atoms with E-state index in [1.54, 1.807) is 0 Å². The van der Waals surface area contributed by atoms with Crippen LogP contribution in [0.3, 0.4) is 0 Å². The summed E-state index contributed by atoms with van der Waals surface area (Å²) in [5, 5.41) is 4.90. The molecule has 0 bridgehead atoms. The molecule has 0 atom stereocenters. The van der Waals surface area contributed by atoms with Gasteiger partial charge >= 0.3 is 6.03 Å². The number of anilines is 1. The van der Waals surface area contributed by atoms with E-state index in [0.717, 1.165) is 37.8 Å². The Labute approximate surface area is 98.2 Å². The van der Waals surface area contributed by atoms with Gasteiger partial charge in [-0.25, -0.2) is 13.6 Å². The highest BCUT2D eigenvalue weighted by atomic mass is 19.1. The van der Waals surface area contributed by atoms with Gasteiger partial charge in [0.05, 0.1) is 0 Å². The molecule has 92 valence electrons. The van der Waals surface area contributed by atoms with Crippen LogP contribution in [0.2, 0.25) is 0 Å². The van der Waals surface area contributed by atoms with Crippen LogP contribution in [0.5, 0.6) is 0 Å². The smallest absolute Gasteiger partial charge is 0.319 e. The average molecular weight is 240 g/mol. The van der Waals surface area contributed by atoms with Crippen LogP contribution in [0.15, 0.2) is 18.2 Å². The van der Waals surface area contributed by atoms with Gasteiger partial charge in [-0.1, -0.05) is 18.9 Å². The van der Waals surface area contributed by atoms with E-state index in [4.69, 9.17) is 0 Å². The molecule has 2 N–H and O–H groups in total. The topological polar surface area (TPSA) is 41.1 Å². The molecule has 0 spiro atoms. The van der Waals surface area contributed by atoms with Crippen LogP contribution < -0.4 is 10.6 Å². The highest BCUT2D eigenvalue weighted by molar-refractivity contribution is 5.89. The lowest BCUT2D eigenvalue weighted by atomic mass is 10.2. The molecule has 3 nitrogen and oxygen atoms in total. The first-order valence-corrected chi connectivity index (χ1v) is 5.68. The molecule has 0 aromatic heterocycles. The summed E-state index contributed by atoms with van der Waals surface area (Å²) in [6, 6.07) is 3.03. The minimum absolute atomic E-state index is 0.116. The molecule has 0 unspecified atom stereocenters. The Bertz CT molecular complexity index is 397. The molecule has 2 amide bonds. The molecule has 5 heteroatoms. The van der Waals surface area contributed by atoms with E-state index in [9.17, 15) is 13.6 Å². The van der Waals surface area contributed by atoms with E-state index in [1.807, 2.05) is 0 Å². The standard InChI is InChI=1S/C12H14F2N2O/c13-9-6-3-7-10(14)11(9)16-12(17)15-8-4-1-2-5-8/h3,6-8H,1-2,4-5H2,(H2,15,16,17). The maximum absolute atomic E-state index is 13.2. The number of nitrogens with one attached hydrogen (secondary N) is 2. The fourth-order valence-electron chi connectivity index (χ4n) is 2.02. The molecule has 1 aliphatic rings. The van der Waals surface area contributed by atoms with Crippen molar-refractivity contribution >= 4 is 11.7 Å². The summed E-state index contributed by atoms with van der Waals surface area (Å²) in [5.74, 6) is -1.54. The fraction of sp³-hybridized carbons (Fsp3) is 0.417. The Morgan fingerprint density at radius 1 is 1.18 bits per heavy atom. The molecule has 1 aromatic carbocycles. The van der Waals surface area contributed by atoms with Crippen LogP contribution in [0.4, 0.5) is 19.3 Å². The van der Waals surface area contributed by atoms with Crippen molar-refractivity contribution in [3.05, 3.63) is 29.8 Å². The van der Waals surface area contributed by atoms with Crippen LogP contribution in [0.25, 0.3) is 0 Å². The molecule has 1 fully saturated rings. The first-order valence-electron chi connectivity index (χ1n) is 5.68. The van der Waals surface area contributed by atoms with E-state index in [2.05, 4.69) is 10.6 Å². The van der Waals surface area contributed by atoms with Gasteiger partial charge in [0.2, 0.25) is 0 Å². The molecule has 2 rings (SSSR count). The van der Waals surface area contributed by atoms with Crippen molar-refractivity contribution in [1.29, 1.82) is 0 Å². The lowest BCUT2D eigenvalue weighted by Crippen LogP contribution is -2.36. The van der Waals surface area contributed by atoms with Gasteiger partial charge in [0, 0.05) is 6.04 Å². The molecule has 1 aromatic rings. The number of amides is 2. The third-order valence-corrected chi connectivity index (χ3v) is 2.89. The van der Waals surface area contributed by atoms with Crippen molar-refractivity contribution in [2.24, 2.45) is 0 Å². The number of rotatable bonds is 2. The van der Waals surface area contributed by atoms with Gasteiger partial charge in [-0.2, -0.15) is 0 Å². The summed E-state index contributed by atoms with van der Waals surface area (Å²) < 4.78 is 26.5. The lowest BCUT2D eigenvalue weighted by Gasteiger charge is -2.13. The second-order valence-corrected chi connectivity index (χ2v) is 4.18. The summed E-state index contributed by atoms with van der Waals surface area (Å²) in [7, 11) is 0. The van der Waals surface area contributed by atoms with E-state index in [0.29, 0.717) is 0 Å². The molecule has 1 saturated carbocycles. The summed E-state index contributed by atoms with van der Waals surface area (Å²) >= 11 is 0. The number of urea groups is 1. The Balaban J connectivity index is 1.97. The van der Waals surface area contributed by atoms with Crippen molar-refractivity contribution in [2.45, 2.75) is 31.7 Å². The number of carbonyl (C=O) groups excluding carboxylic acids is 1. The van der Waals surface area contributed by atoms with Gasteiger partial charge in [-0.05, 0) is 25.0 Å². The number of hydrogen-bond donors (Lipinski definition) is 2. The predicted octanol–water partition coefficient (Wildman–Crippen LogP) is 3.03. The summed E-state index contributed by atoms with van der Waals surface area (Å²) in [6.45, 7) is 0. The van der Waals surface area contributed by atoms with Gasteiger partial charge in [-0.15, -0.1) is 0 Å². The van der Waals surface area contributed by atoms with Gasteiger partial charge in [0.25, 0.3) is 0 Å². The molecule has 0 radical (unpaired) electrons. The Morgan fingerprint density at radius 3 is 2.35 bits per heavy atom. The second kappa shape index (κ2) is 5.12. The van der Waals surface area contributed by atoms with E-state index in [1.165, 1.54) is 6.07 Å². The van der Waals surface area contributed by atoms with E-state index >= 15 is 0 Å². The fourth-order valence-corrected chi connectivity index (χ4v) is 2.02. The maximum Gasteiger partial charge on any atom is 0.319 e. The Hall–Kier alpha value is -1.65. The Morgan fingerprint density at radius 2 is 1.76 bits per heavy atom. The van der Waals surface area contributed by atoms with E-state index in [-0.39, 0.29) is 6.04 Å². The summed E-state index contributed by atoms with van der Waals surface area (Å²) in [5.41, 5.74) is -0.400. The van der Waals surface area contributed by atoms with Crippen LogP contribution in [0.1, 0.15) is 25.7 Å². The first-order chi connectivity index (χ1) is 8.16. The monoisotopic (exact) mass is 240 g/mol. The normalized spacial score (nSPS) is 15.9.